The van der Waals surface area contributed by atoms with Gasteiger partial charge in [0.15, 0.2) is 0 Å². The molecule has 4 N–H and O–H groups in total. The Morgan fingerprint density at radius 3 is 1.07 bits per heavy atom. The molecule has 8 heteroatoms. The summed E-state index contributed by atoms with van der Waals surface area (Å²) >= 11 is 0. The molecule has 0 unspecified atom stereocenters. The van der Waals surface area contributed by atoms with E-state index < -0.39 is 23.3 Å². The Bertz CT molecular complexity index is 713. The minimum Gasteiger partial charge on any atom is -0.481 e. The van der Waals surface area contributed by atoms with E-state index in [1.165, 1.54) is 38.5 Å². The molecular weight excluding hydrogens is 558 g/mol. The lowest BCUT2D eigenvalue weighted by molar-refractivity contribution is -0.157. The highest BCUT2D eigenvalue weighted by molar-refractivity contribution is 6.01. The van der Waals surface area contributed by atoms with Crippen LogP contribution in [0.5, 0.6) is 0 Å². The van der Waals surface area contributed by atoms with E-state index in [9.17, 15) is 24.3 Å². The number of amides is 1. The summed E-state index contributed by atoms with van der Waals surface area (Å²) in [7, 11) is 0. The lowest BCUT2D eigenvalue weighted by Crippen LogP contribution is -2.47. The van der Waals surface area contributed by atoms with Crippen LogP contribution < -0.4 is 5.32 Å². The van der Waals surface area contributed by atoms with Crippen LogP contribution in [0.3, 0.4) is 0 Å². The monoisotopic (exact) mass is 625 g/mol. The zero-order chi connectivity index (χ0) is 32.9. The van der Waals surface area contributed by atoms with Crippen molar-refractivity contribution in [1.82, 2.24) is 5.32 Å². The molecule has 0 fully saturated rings. The van der Waals surface area contributed by atoms with Gasteiger partial charge in [-0.05, 0) is 38.0 Å². The first-order valence-corrected chi connectivity index (χ1v) is 18.1. The van der Waals surface area contributed by atoms with Gasteiger partial charge in [-0.25, -0.2) is 0 Å². The van der Waals surface area contributed by atoms with Gasteiger partial charge in [-0.15, -0.1) is 0 Å². The number of aliphatic carboxylic acids is 3. The number of rotatable bonds is 33. The van der Waals surface area contributed by atoms with Crippen molar-refractivity contribution in [2.24, 2.45) is 11.3 Å². The second-order valence-corrected chi connectivity index (χ2v) is 13.4. The van der Waals surface area contributed by atoms with E-state index in [1.54, 1.807) is 0 Å². The molecule has 0 saturated carbocycles. The minimum atomic E-state index is -1.34. The largest absolute Gasteiger partial charge is 0.481 e. The molecule has 0 aliphatic heterocycles. The lowest BCUT2D eigenvalue weighted by atomic mass is 9.76. The summed E-state index contributed by atoms with van der Waals surface area (Å²) in [5.41, 5.74) is -1.34. The molecule has 0 radical (unpaired) electrons. The van der Waals surface area contributed by atoms with Crippen molar-refractivity contribution in [1.29, 1.82) is 0 Å². The van der Waals surface area contributed by atoms with Gasteiger partial charge in [-0.1, -0.05) is 142 Å². The first kappa shape index (κ1) is 41.9. The predicted molar refractivity (Wildman–Crippen MR) is 178 cm³/mol. The summed E-state index contributed by atoms with van der Waals surface area (Å²) in [4.78, 5) is 47.0. The Morgan fingerprint density at radius 1 is 0.500 bits per heavy atom. The average Bonchev–Trinajstić information content (AvgIpc) is 2.96. The van der Waals surface area contributed by atoms with E-state index in [0.717, 1.165) is 109 Å². The van der Waals surface area contributed by atoms with Crippen LogP contribution in [0.25, 0.3) is 0 Å². The number of unbranched alkanes of at least 4 members (excludes halogenated alkanes) is 20. The second-order valence-electron chi connectivity index (χ2n) is 13.4. The highest BCUT2D eigenvalue weighted by Crippen LogP contribution is 2.33. The Labute approximate surface area is 268 Å². The number of nitrogens with one attached hydrogen (secondary N) is 1. The molecule has 0 saturated heterocycles. The zero-order valence-electron chi connectivity index (χ0n) is 28.4. The zero-order valence-corrected chi connectivity index (χ0v) is 28.4. The normalized spacial score (nSPS) is 11.6. The second kappa shape index (κ2) is 28.4. The topological polar surface area (TPSA) is 141 Å². The van der Waals surface area contributed by atoms with Gasteiger partial charge in [0.25, 0.3) is 0 Å². The molecule has 0 atom stereocenters. The Morgan fingerprint density at radius 2 is 0.795 bits per heavy atom. The fourth-order valence-corrected chi connectivity index (χ4v) is 5.89. The van der Waals surface area contributed by atoms with Crippen LogP contribution in [0.15, 0.2) is 0 Å². The summed E-state index contributed by atoms with van der Waals surface area (Å²) in [6.45, 7) is 4.72. The molecule has 0 aliphatic rings. The van der Waals surface area contributed by atoms with Crippen molar-refractivity contribution < 1.29 is 34.5 Å². The number of carboxylic acid groups (broad SMARTS) is 3. The van der Waals surface area contributed by atoms with Gasteiger partial charge in [-0.3, -0.25) is 19.2 Å². The summed E-state index contributed by atoms with van der Waals surface area (Å²) in [5.74, 6) is -2.27. The first-order valence-electron chi connectivity index (χ1n) is 18.1. The van der Waals surface area contributed by atoms with Gasteiger partial charge in [0, 0.05) is 19.4 Å². The van der Waals surface area contributed by atoms with E-state index in [4.69, 9.17) is 10.2 Å². The summed E-state index contributed by atoms with van der Waals surface area (Å²) in [6, 6.07) is 0. The fraction of sp³-hybridized carbons (Fsp3) is 0.889. The van der Waals surface area contributed by atoms with Crippen LogP contribution >= 0.6 is 0 Å². The molecule has 0 bridgehead atoms. The maximum absolute atomic E-state index is 13.3. The molecule has 8 nitrogen and oxygen atoms in total. The molecule has 0 heterocycles. The fourth-order valence-electron chi connectivity index (χ4n) is 5.89. The van der Waals surface area contributed by atoms with Crippen LogP contribution in [0, 0.1) is 11.3 Å². The average molecular weight is 626 g/mol. The number of hydrogen-bond donors (Lipinski definition) is 4. The molecule has 0 aromatic rings. The standard InChI is InChI=1S/C36H67NO7/c1-31(2)27-30-37-34(42)36(35(43)44,28-23-19-15-11-7-3-5-9-13-17-21-25-32(38)39)29-24-20-16-12-8-4-6-10-14-18-22-26-33(40)41/h31H,3-30H2,1-2H3,(H,37,42)(H,38,39)(H,40,41)(H,43,44). The Kier molecular flexibility index (Phi) is 27.0. The third kappa shape index (κ3) is 24.2. The van der Waals surface area contributed by atoms with Gasteiger partial charge < -0.3 is 20.6 Å². The quantitative estimate of drug-likeness (QED) is 0.0420. The van der Waals surface area contributed by atoms with Crippen LogP contribution in [-0.4, -0.2) is 45.7 Å². The van der Waals surface area contributed by atoms with E-state index >= 15 is 0 Å². The van der Waals surface area contributed by atoms with Crippen LogP contribution in [0.1, 0.15) is 187 Å². The SMILES string of the molecule is CC(C)CCNC(=O)C(CCCCCCCCCCCCCC(=O)O)(CCCCCCCCCCCCCC(=O)O)C(=O)O. The van der Waals surface area contributed by atoms with Crippen LogP contribution in [-0.2, 0) is 19.2 Å². The van der Waals surface area contributed by atoms with Crippen molar-refractivity contribution in [3.63, 3.8) is 0 Å². The maximum atomic E-state index is 13.3. The van der Waals surface area contributed by atoms with Crippen LogP contribution in [0.4, 0.5) is 0 Å². The molecule has 0 aromatic carbocycles. The van der Waals surface area contributed by atoms with Gasteiger partial charge in [-0.2, -0.15) is 0 Å². The van der Waals surface area contributed by atoms with Crippen molar-refractivity contribution in [3.8, 4) is 0 Å². The predicted octanol–water partition coefficient (Wildman–Crippen LogP) is 9.53. The lowest BCUT2D eigenvalue weighted by Gasteiger charge is -2.29. The first-order chi connectivity index (χ1) is 21.1. The van der Waals surface area contributed by atoms with E-state index in [0.29, 0.717) is 25.3 Å². The molecule has 0 rings (SSSR count). The highest BCUT2D eigenvalue weighted by Gasteiger charge is 2.44. The van der Waals surface area contributed by atoms with Gasteiger partial charge in [0.2, 0.25) is 5.91 Å². The summed E-state index contributed by atoms with van der Waals surface area (Å²) < 4.78 is 0. The third-order valence-corrected chi connectivity index (χ3v) is 8.84. The molecule has 0 aromatic heterocycles. The van der Waals surface area contributed by atoms with Gasteiger partial charge >= 0.3 is 17.9 Å². The summed E-state index contributed by atoms with van der Waals surface area (Å²) in [6.07, 6.45) is 25.1. The number of carbonyl (C=O) groups is 4. The van der Waals surface area contributed by atoms with Crippen LogP contribution in [0.2, 0.25) is 0 Å². The molecule has 0 aliphatic carbocycles. The van der Waals surface area contributed by atoms with Crippen molar-refractivity contribution in [2.45, 2.75) is 187 Å². The smallest absolute Gasteiger partial charge is 0.319 e. The van der Waals surface area contributed by atoms with Gasteiger partial charge in [0.05, 0.1) is 0 Å². The van der Waals surface area contributed by atoms with E-state index in [-0.39, 0.29) is 18.7 Å². The Balaban J connectivity index is 4.36. The Hall–Kier alpha value is -2.12. The minimum absolute atomic E-state index is 0.268. The molecule has 0 spiro atoms. The van der Waals surface area contributed by atoms with E-state index in [2.05, 4.69) is 19.2 Å². The van der Waals surface area contributed by atoms with Crippen molar-refractivity contribution >= 4 is 23.8 Å². The maximum Gasteiger partial charge on any atom is 0.319 e. The van der Waals surface area contributed by atoms with Crippen molar-refractivity contribution in [3.05, 3.63) is 0 Å². The molecular formula is C36H67NO7. The number of carbonyl (C=O) groups excluding carboxylic acids is 1. The highest BCUT2D eigenvalue weighted by atomic mass is 16.4. The third-order valence-electron chi connectivity index (χ3n) is 8.84. The van der Waals surface area contributed by atoms with Gasteiger partial charge in [0.1, 0.15) is 5.41 Å². The molecule has 1 amide bonds. The van der Waals surface area contributed by atoms with E-state index in [1.807, 2.05) is 0 Å². The number of hydrogen-bond acceptors (Lipinski definition) is 4. The summed E-state index contributed by atoms with van der Waals surface area (Å²) in [5, 5.41) is 30.6. The number of carboxylic acids is 3. The molecule has 258 valence electrons. The molecule has 44 heavy (non-hydrogen) atoms. The van der Waals surface area contributed by atoms with Crippen molar-refractivity contribution in [2.75, 3.05) is 6.54 Å².